The van der Waals surface area contributed by atoms with E-state index in [1.54, 1.807) is 0 Å². The van der Waals surface area contributed by atoms with Crippen LogP contribution in [0.3, 0.4) is 0 Å². The molecular weight excluding hydrogens is 440 g/mol. The predicted octanol–water partition coefficient (Wildman–Crippen LogP) is 5.91. The van der Waals surface area contributed by atoms with Gasteiger partial charge in [-0.05, 0) is 41.5 Å². The highest BCUT2D eigenvalue weighted by atomic mass is 15.3. The minimum atomic E-state index is 0.358. The van der Waals surface area contributed by atoms with Gasteiger partial charge in [-0.15, -0.1) is 0 Å². The quantitative estimate of drug-likeness (QED) is 0.369. The highest BCUT2D eigenvalue weighted by Gasteiger charge is 2.37. The Labute approximate surface area is 212 Å². The molecule has 178 valence electrons. The van der Waals surface area contributed by atoms with E-state index in [0.717, 1.165) is 26.2 Å². The van der Waals surface area contributed by atoms with Crippen molar-refractivity contribution in [2.75, 3.05) is 31.1 Å². The number of rotatable bonds is 4. The van der Waals surface area contributed by atoms with E-state index >= 15 is 0 Å². The van der Waals surface area contributed by atoms with E-state index in [1.165, 1.54) is 33.7 Å². The molecule has 2 aromatic heterocycles. The van der Waals surface area contributed by atoms with Crippen molar-refractivity contribution in [3.05, 3.63) is 127 Å². The van der Waals surface area contributed by atoms with Gasteiger partial charge in [0.25, 0.3) is 0 Å². The molecule has 36 heavy (non-hydrogen) atoms. The first-order valence-corrected chi connectivity index (χ1v) is 12.9. The van der Waals surface area contributed by atoms with Crippen molar-refractivity contribution in [1.29, 1.82) is 0 Å². The molecule has 2 aromatic carbocycles. The second kappa shape index (κ2) is 8.89. The van der Waals surface area contributed by atoms with Gasteiger partial charge in [0.05, 0.1) is 29.0 Å². The van der Waals surface area contributed by atoms with Gasteiger partial charge in [0.1, 0.15) is 0 Å². The van der Waals surface area contributed by atoms with Gasteiger partial charge in [0.15, 0.2) is 0 Å². The summed E-state index contributed by atoms with van der Waals surface area (Å²) in [7, 11) is 0. The fourth-order valence-corrected chi connectivity index (χ4v) is 6.03. The second-order valence-electron chi connectivity index (χ2n) is 9.79. The Morgan fingerprint density at radius 1 is 0.667 bits per heavy atom. The van der Waals surface area contributed by atoms with Gasteiger partial charge in [0.2, 0.25) is 0 Å². The number of pyridine rings is 1. The molecule has 4 nitrogen and oxygen atoms in total. The lowest BCUT2D eigenvalue weighted by molar-refractivity contribution is 0.184. The molecule has 5 heterocycles. The van der Waals surface area contributed by atoms with Crippen molar-refractivity contribution in [2.24, 2.45) is 0 Å². The maximum Gasteiger partial charge on any atom is 0.0711 e. The fraction of sp³-hybridized carbons (Fsp3) is 0.188. The van der Waals surface area contributed by atoms with E-state index in [4.69, 9.17) is 0 Å². The van der Waals surface area contributed by atoms with Crippen molar-refractivity contribution in [2.45, 2.75) is 12.1 Å². The molecule has 3 aliphatic rings. The highest BCUT2D eigenvalue weighted by Crippen LogP contribution is 2.37. The standard InChI is InChI=1S/C32H30N4/c1-3-11-25(12-4-1)29-23-31(27-15-7-9-17-35(27)29)33-19-21-34(22-20-33)32-24-30(26-13-5-2-6-14-26)36-18-10-8-16-28(32)36/h1-18,23-24,27,31H,19-22H2. The summed E-state index contributed by atoms with van der Waals surface area (Å²) in [6.45, 7) is 4.16. The minimum absolute atomic E-state index is 0.358. The van der Waals surface area contributed by atoms with E-state index in [-0.39, 0.29) is 0 Å². The van der Waals surface area contributed by atoms with Crippen molar-refractivity contribution in [3.63, 3.8) is 0 Å². The molecule has 1 saturated heterocycles. The normalized spacial score (nSPS) is 21.7. The molecule has 4 heteroatoms. The van der Waals surface area contributed by atoms with E-state index in [0.29, 0.717) is 12.1 Å². The lowest BCUT2D eigenvalue weighted by atomic mass is 10.1. The number of allylic oxidation sites excluding steroid dienone is 2. The molecule has 0 spiro atoms. The van der Waals surface area contributed by atoms with Crippen molar-refractivity contribution in [1.82, 2.24) is 14.2 Å². The minimum Gasteiger partial charge on any atom is -0.367 e. The Morgan fingerprint density at radius 3 is 2.17 bits per heavy atom. The molecule has 2 atom stereocenters. The molecule has 0 N–H and O–H groups in total. The zero-order valence-corrected chi connectivity index (χ0v) is 20.3. The Morgan fingerprint density at radius 2 is 1.39 bits per heavy atom. The molecule has 2 unspecified atom stereocenters. The van der Waals surface area contributed by atoms with Gasteiger partial charge in [-0.1, -0.05) is 78.9 Å². The van der Waals surface area contributed by atoms with Crippen LogP contribution in [-0.4, -0.2) is 52.5 Å². The maximum atomic E-state index is 2.67. The average Bonchev–Trinajstić information content (AvgIpc) is 3.54. The molecule has 0 radical (unpaired) electrons. The first-order valence-electron chi connectivity index (χ1n) is 12.9. The van der Waals surface area contributed by atoms with Gasteiger partial charge in [-0.3, -0.25) is 4.90 Å². The van der Waals surface area contributed by atoms with Crippen molar-refractivity contribution in [3.8, 4) is 11.3 Å². The monoisotopic (exact) mass is 470 g/mol. The summed E-state index contributed by atoms with van der Waals surface area (Å²) in [4.78, 5) is 7.69. The molecule has 3 aliphatic heterocycles. The van der Waals surface area contributed by atoms with Crippen LogP contribution in [0.25, 0.3) is 22.5 Å². The average molecular weight is 471 g/mol. The van der Waals surface area contributed by atoms with E-state index in [2.05, 4.69) is 141 Å². The second-order valence-corrected chi connectivity index (χ2v) is 9.79. The number of aromatic nitrogens is 1. The van der Waals surface area contributed by atoms with Crippen LogP contribution >= 0.6 is 0 Å². The molecule has 0 saturated carbocycles. The summed E-state index contributed by atoms with van der Waals surface area (Å²) in [5.74, 6) is 0. The summed E-state index contributed by atoms with van der Waals surface area (Å²) in [6.07, 6.45) is 13.6. The van der Waals surface area contributed by atoms with Gasteiger partial charge in [-0.2, -0.15) is 0 Å². The van der Waals surface area contributed by atoms with Gasteiger partial charge in [-0.25, -0.2) is 0 Å². The fourth-order valence-electron chi connectivity index (χ4n) is 6.03. The number of piperazine rings is 1. The van der Waals surface area contributed by atoms with Crippen LogP contribution in [0.2, 0.25) is 0 Å². The lowest BCUT2D eigenvalue weighted by Gasteiger charge is -2.41. The summed E-state index contributed by atoms with van der Waals surface area (Å²) in [5.41, 5.74) is 7.73. The lowest BCUT2D eigenvalue weighted by Crippen LogP contribution is -2.53. The Balaban J connectivity index is 1.15. The zero-order valence-electron chi connectivity index (χ0n) is 20.3. The van der Waals surface area contributed by atoms with E-state index in [9.17, 15) is 0 Å². The third kappa shape index (κ3) is 3.57. The summed E-state index contributed by atoms with van der Waals surface area (Å²) in [6, 6.07) is 31.1. The Hall–Kier alpha value is -4.02. The van der Waals surface area contributed by atoms with Crippen molar-refractivity contribution >= 4 is 16.9 Å². The summed E-state index contributed by atoms with van der Waals surface area (Å²) < 4.78 is 2.33. The maximum absolute atomic E-state index is 2.67. The SMILES string of the molecule is C1=CC2C(N3CCN(c4cc(-c5ccccc5)n5ccccc45)CC3)C=C(c3ccccc3)N2C=C1. The number of benzene rings is 2. The van der Waals surface area contributed by atoms with Crippen molar-refractivity contribution < 1.29 is 0 Å². The van der Waals surface area contributed by atoms with Crippen LogP contribution in [0.15, 0.2) is 122 Å². The molecule has 7 rings (SSSR count). The molecule has 4 aromatic rings. The highest BCUT2D eigenvalue weighted by molar-refractivity contribution is 5.82. The number of hydrogen-bond donors (Lipinski definition) is 0. The first-order chi connectivity index (χ1) is 17.9. The number of anilines is 1. The molecule has 0 bridgehead atoms. The summed E-state index contributed by atoms with van der Waals surface area (Å²) in [5, 5.41) is 0. The third-order valence-electron chi connectivity index (χ3n) is 7.81. The number of fused-ring (bicyclic) bond motifs is 2. The largest absolute Gasteiger partial charge is 0.367 e. The van der Waals surface area contributed by atoms with Gasteiger partial charge in [0, 0.05) is 44.3 Å². The molecule has 0 aliphatic carbocycles. The number of hydrogen-bond acceptors (Lipinski definition) is 3. The van der Waals surface area contributed by atoms with E-state index < -0.39 is 0 Å². The van der Waals surface area contributed by atoms with Crippen LogP contribution < -0.4 is 4.90 Å². The smallest absolute Gasteiger partial charge is 0.0711 e. The van der Waals surface area contributed by atoms with Crippen LogP contribution in [0.5, 0.6) is 0 Å². The van der Waals surface area contributed by atoms with Crippen LogP contribution in [0, 0.1) is 0 Å². The Bertz CT molecular complexity index is 1460. The predicted molar refractivity (Wildman–Crippen MR) is 149 cm³/mol. The zero-order chi connectivity index (χ0) is 23.9. The van der Waals surface area contributed by atoms with Gasteiger partial charge < -0.3 is 14.2 Å². The van der Waals surface area contributed by atoms with Crippen LogP contribution in [0.1, 0.15) is 5.56 Å². The van der Waals surface area contributed by atoms with Crippen LogP contribution in [-0.2, 0) is 0 Å². The Kier molecular flexibility index (Phi) is 5.25. The van der Waals surface area contributed by atoms with Crippen LogP contribution in [0.4, 0.5) is 5.69 Å². The molecule has 0 amide bonds. The third-order valence-corrected chi connectivity index (χ3v) is 7.81. The molecular formula is C32H30N4. The molecule has 1 fully saturated rings. The first kappa shape index (κ1) is 21.3. The topological polar surface area (TPSA) is 14.1 Å². The summed E-state index contributed by atoms with van der Waals surface area (Å²) >= 11 is 0. The number of nitrogens with zero attached hydrogens (tertiary/aromatic N) is 4. The van der Waals surface area contributed by atoms with Gasteiger partial charge >= 0.3 is 0 Å². The van der Waals surface area contributed by atoms with E-state index in [1.807, 2.05) is 0 Å².